The normalized spacial score (nSPS) is 20.9. The van der Waals surface area contributed by atoms with E-state index in [9.17, 15) is 4.79 Å². The lowest BCUT2D eigenvalue weighted by Gasteiger charge is -2.36. The molecule has 0 saturated carbocycles. The first-order chi connectivity index (χ1) is 9.78. The SMILES string of the molecule is Cc1ccc(C(=O)N(C)C)cc1NC1CSCC(C)(C)C1. The van der Waals surface area contributed by atoms with E-state index in [1.54, 1.807) is 19.0 Å². The molecule has 0 aromatic heterocycles. The number of nitrogens with zero attached hydrogens (tertiary/aromatic N) is 1. The molecule has 0 aliphatic carbocycles. The molecule has 1 unspecified atom stereocenters. The van der Waals surface area contributed by atoms with E-state index in [0.29, 0.717) is 11.5 Å². The number of hydrogen-bond acceptors (Lipinski definition) is 3. The van der Waals surface area contributed by atoms with Crippen LogP contribution in [0.3, 0.4) is 0 Å². The Bertz CT molecular complexity index is 526. The molecule has 1 aliphatic rings. The predicted molar refractivity (Wildman–Crippen MR) is 92.3 cm³/mol. The van der Waals surface area contributed by atoms with Crippen molar-refractivity contribution < 1.29 is 4.79 Å². The fourth-order valence-corrected chi connectivity index (χ4v) is 4.02. The van der Waals surface area contributed by atoms with Gasteiger partial charge in [-0.1, -0.05) is 19.9 Å². The van der Waals surface area contributed by atoms with Crippen LogP contribution in [0.15, 0.2) is 18.2 Å². The van der Waals surface area contributed by atoms with Gasteiger partial charge < -0.3 is 10.2 Å². The monoisotopic (exact) mass is 306 g/mol. The minimum absolute atomic E-state index is 0.0522. The van der Waals surface area contributed by atoms with Crippen LogP contribution in [-0.2, 0) is 0 Å². The maximum Gasteiger partial charge on any atom is 0.253 e. The summed E-state index contributed by atoms with van der Waals surface area (Å²) < 4.78 is 0. The number of rotatable bonds is 3. The lowest BCUT2D eigenvalue weighted by atomic mass is 9.87. The van der Waals surface area contributed by atoms with E-state index < -0.39 is 0 Å². The summed E-state index contributed by atoms with van der Waals surface area (Å²) in [6.07, 6.45) is 1.17. The lowest BCUT2D eigenvalue weighted by molar-refractivity contribution is 0.0827. The highest BCUT2D eigenvalue weighted by Gasteiger charge is 2.28. The van der Waals surface area contributed by atoms with Crippen LogP contribution in [0.25, 0.3) is 0 Å². The number of nitrogens with one attached hydrogen (secondary N) is 1. The molecule has 1 atom stereocenters. The molecular formula is C17H26N2OS. The second kappa shape index (κ2) is 6.30. The quantitative estimate of drug-likeness (QED) is 0.925. The van der Waals surface area contributed by atoms with Crippen molar-refractivity contribution in [1.82, 2.24) is 4.90 Å². The van der Waals surface area contributed by atoms with Gasteiger partial charge in [-0.15, -0.1) is 0 Å². The summed E-state index contributed by atoms with van der Waals surface area (Å²) >= 11 is 2.01. The number of benzene rings is 1. The Kier molecular flexibility index (Phi) is 4.87. The Hall–Kier alpha value is -1.16. The van der Waals surface area contributed by atoms with E-state index in [0.717, 1.165) is 17.0 Å². The van der Waals surface area contributed by atoms with Gasteiger partial charge in [0.25, 0.3) is 5.91 Å². The minimum atomic E-state index is 0.0522. The average Bonchev–Trinajstić information content (AvgIpc) is 2.39. The zero-order chi connectivity index (χ0) is 15.6. The van der Waals surface area contributed by atoms with Gasteiger partial charge in [0.2, 0.25) is 0 Å². The summed E-state index contributed by atoms with van der Waals surface area (Å²) in [7, 11) is 3.57. The number of amides is 1. The van der Waals surface area contributed by atoms with Crippen molar-refractivity contribution in [2.75, 3.05) is 30.9 Å². The molecule has 1 N–H and O–H groups in total. The third kappa shape index (κ3) is 4.16. The first-order valence-corrected chi connectivity index (χ1v) is 8.60. The van der Waals surface area contributed by atoms with Gasteiger partial charge in [-0.25, -0.2) is 0 Å². The molecule has 1 aromatic carbocycles. The molecule has 4 heteroatoms. The van der Waals surface area contributed by atoms with Crippen molar-refractivity contribution in [3.63, 3.8) is 0 Å². The summed E-state index contributed by atoms with van der Waals surface area (Å²) in [6, 6.07) is 6.40. The molecule has 1 aromatic rings. The van der Waals surface area contributed by atoms with Gasteiger partial charge in [-0.05, 0) is 42.2 Å². The second-order valence-corrected chi connectivity index (χ2v) is 7.98. The zero-order valence-corrected chi connectivity index (χ0v) is 14.5. The fourth-order valence-electron chi connectivity index (χ4n) is 2.74. The zero-order valence-electron chi connectivity index (χ0n) is 13.7. The summed E-state index contributed by atoms with van der Waals surface area (Å²) in [5.74, 6) is 2.41. The van der Waals surface area contributed by atoms with Crippen LogP contribution in [0.4, 0.5) is 5.69 Å². The van der Waals surface area contributed by atoms with Crippen LogP contribution in [0, 0.1) is 12.3 Å². The van der Waals surface area contributed by atoms with Crippen LogP contribution in [0.5, 0.6) is 0 Å². The first kappa shape index (κ1) is 16.2. The van der Waals surface area contributed by atoms with Gasteiger partial charge in [0.15, 0.2) is 0 Å². The van der Waals surface area contributed by atoms with Gasteiger partial charge in [0, 0.05) is 37.1 Å². The molecule has 1 aliphatic heterocycles. The van der Waals surface area contributed by atoms with Gasteiger partial charge in [-0.3, -0.25) is 4.79 Å². The number of carbonyl (C=O) groups excluding carboxylic acids is 1. The van der Waals surface area contributed by atoms with E-state index in [1.807, 2.05) is 30.0 Å². The van der Waals surface area contributed by atoms with Crippen molar-refractivity contribution in [2.24, 2.45) is 5.41 Å². The van der Waals surface area contributed by atoms with Gasteiger partial charge >= 0.3 is 0 Å². The standard InChI is InChI=1S/C17H26N2OS/c1-12-6-7-13(16(20)19(4)5)8-15(12)18-14-9-17(2,3)11-21-10-14/h6-8,14,18H,9-11H2,1-5H3. The summed E-state index contributed by atoms with van der Waals surface area (Å²) in [5, 5.41) is 3.65. The molecule has 1 amide bonds. The van der Waals surface area contributed by atoms with Crippen molar-refractivity contribution in [3.8, 4) is 0 Å². The predicted octanol–water partition coefficient (Wildman–Crippen LogP) is 3.64. The smallest absolute Gasteiger partial charge is 0.253 e. The second-order valence-electron chi connectivity index (χ2n) is 6.95. The van der Waals surface area contributed by atoms with Crippen molar-refractivity contribution in [3.05, 3.63) is 29.3 Å². The Morgan fingerprint density at radius 1 is 1.38 bits per heavy atom. The van der Waals surface area contributed by atoms with Crippen LogP contribution < -0.4 is 5.32 Å². The molecule has 1 heterocycles. The molecule has 21 heavy (non-hydrogen) atoms. The lowest BCUT2D eigenvalue weighted by Crippen LogP contribution is -2.35. The number of anilines is 1. The van der Waals surface area contributed by atoms with Crippen LogP contribution in [-0.4, -0.2) is 42.4 Å². The van der Waals surface area contributed by atoms with E-state index in [-0.39, 0.29) is 5.91 Å². The maximum absolute atomic E-state index is 12.1. The van der Waals surface area contributed by atoms with Crippen LogP contribution in [0.2, 0.25) is 0 Å². The molecular weight excluding hydrogens is 280 g/mol. The Balaban J connectivity index is 2.16. The highest BCUT2D eigenvalue weighted by molar-refractivity contribution is 7.99. The van der Waals surface area contributed by atoms with E-state index in [2.05, 4.69) is 26.1 Å². The number of hydrogen-bond donors (Lipinski definition) is 1. The van der Waals surface area contributed by atoms with E-state index in [1.165, 1.54) is 17.7 Å². The highest BCUT2D eigenvalue weighted by Crippen LogP contribution is 2.35. The molecule has 1 saturated heterocycles. The summed E-state index contributed by atoms with van der Waals surface area (Å²) in [6.45, 7) is 6.74. The van der Waals surface area contributed by atoms with E-state index in [4.69, 9.17) is 0 Å². The van der Waals surface area contributed by atoms with Crippen LogP contribution >= 0.6 is 11.8 Å². The summed E-state index contributed by atoms with van der Waals surface area (Å²) in [5.41, 5.74) is 3.41. The molecule has 0 bridgehead atoms. The number of thioether (sulfide) groups is 1. The van der Waals surface area contributed by atoms with Crippen molar-refractivity contribution >= 4 is 23.4 Å². The molecule has 116 valence electrons. The first-order valence-electron chi connectivity index (χ1n) is 7.45. The fraction of sp³-hybridized carbons (Fsp3) is 0.588. The van der Waals surface area contributed by atoms with Gasteiger partial charge in [0.05, 0.1) is 0 Å². The average molecular weight is 306 g/mol. The molecule has 0 spiro atoms. The molecule has 0 radical (unpaired) electrons. The highest BCUT2D eigenvalue weighted by atomic mass is 32.2. The largest absolute Gasteiger partial charge is 0.381 e. The minimum Gasteiger partial charge on any atom is -0.381 e. The number of aryl methyl sites for hydroxylation is 1. The third-order valence-corrected chi connectivity index (χ3v) is 5.48. The molecule has 2 rings (SSSR count). The topological polar surface area (TPSA) is 32.3 Å². The van der Waals surface area contributed by atoms with Crippen molar-refractivity contribution in [1.29, 1.82) is 0 Å². The third-order valence-electron chi connectivity index (χ3n) is 3.86. The van der Waals surface area contributed by atoms with E-state index >= 15 is 0 Å². The molecule has 1 fully saturated rings. The van der Waals surface area contributed by atoms with Crippen molar-refractivity contribution in [2.45, 2.75) is 33.2 Å². The molecule has 3 nitrogen and oxygen atoms in total. The Labute approximate surface area is 132 Å². The number of carbonyl (C=O) groups is 1. The maximum atomic E-state index is 12.1. The van der Waals surface area contributed by atoms with Gasteiger partial charge in [-0.2, -0.15) is 11.8 Å². The Morgan fingerprint density at radius 2 is 2.10 bits per heavy atom. The van der Waals surface area contributed by atoms with Gasteiger partial charge in [0.1, 0.15) is 0 Å². The summed E-state index contributed by atoms with van der Waals surface area (Å²) in [4.78, 5) is 13.7. The van der Waals surface area contributed by atoms with Crippen LogP contribution in [0.1, 0.15) is 36.2 Å². The Morgan fingerprint density at radius 3 is 2.71 bits per heavy atom.